The van der Waals surface area contributed by atoms with E-state index in [1.807, 2.05) is 30.3 Å². The van der Waals surface area contributed by atoms with Crippen LogP contribution < -0.4 is 10.1 Å². The minimum atomic E-state index is 0.578. The molecular formula is C16H20N2O2. The first-order valence-electron chi connectivity index (χ1n) is 6.72. The van der Waals surface area contributed by atoms with Crippen LogP contribution in [0.1, 0.15) is 18.1 Å². The molecule has 2 aromatic rings. The fourth-order valence-corrected chi connectivity index (χ4v) is 1.90. The first kappa shape index (κ1) is 14.5. The molecule has 1 aromatic heterocycles. The number of aromatic nitrogens is 1. The zero-order valence-corrected chi connectivity index (χ0v) is 11.9. The van der Waals surface area contributed by atoms with Crippen LogP contribution in [-0.2, 0) is 17.9 Å². The molecule has 1 aromatic carbocycles. The highest BCUT2D eigenvalue weighted by molar-refractivity contribution is 5.37. The van der Waals surface area contributed by atoms with Crippen LogP contribution in [0.4, 0.5) is 0 Å². The lowest BCUT2D eigenvalue weighted by Gasteiger charge is -2.11. The summed E-state index contributed by atoms with van der Waals surface area (Å²) in [6.45, 7) is 4.35. The number of pyridine rings is 1. The Balaban J connectivity index is 2.14. The Hall–Kier alpha value is -1.91. The van der Waals surface area contributed by atoms with Crippen molar-refractivity contribution in [1.82, 2.24) is 10.3 Å². The van der Waals surface area contributed by atoms with Gasteiger partial charge in [0, 0.05) is 25.4 Å². The molecule has 0 saturated heterocycles. The summed E-state index contributed by atoms with van der Waals surface area (Å²) in [6, 6.07) is 9.86. The van der Waals surface area contributed by atoms with Crippen molar-refractivity contribution in [2.45, 2.75) is 20.1 Å². The van der Waals surface area contributed by atoms with E-state index in [2.05, 4.69) is 17.2 Å². The Bertz CT molecular complexity index is 544. The molecule has 2 rings (SSSR count). The molecular weight excluding hydrogens is 252 g/mol. The van der Waals surface area contributed by atoms with Crippen molar-refractivity contribution in [3.05, 3.63) is 53.9 Å². The van der Waals surface area contributed by atoms with E-state index in [-0.39, 0.29) is 0 Å². The molecule has 0 radical (unpaired) electrons. The second kappa shape index (κ2) is 7.62. The monoisotopic (exact) mass is 272 g/mol. The standard InChI is InChI=1S/C16H20N2O2/c1-3-17-10-14-7-8-18-11-16(14)20-15-6-4-5-13(9-15)12-19-2/h4-9,11,17H,3,10,12H2,1-2H3. The average molecular weight is 272 g/mol. The van der Waals surface area contributed by atoms with E-state index in [0.29, 0.717) is 6.61 Å². The maximum atomic E-state index is 5.94. The van der Waals surface area contributed by atoms with Crippen LogP contribution in [0.25, 0.3) is 0 Å². The van der Waals surface area contributed by atoms with Gasteiger partial charge in [0.25, 0.3) is 0 Å². The summed E-state index contributed by atoms with van der Waals surface area (Å²) in [5, 5.41) is 3.29. The van der Waals surface area contributed by atoms with Crippen molar-refractivity contribution in [3.8, 4) is 11.5 Å². The minimum Gasteiger partial charge on any atom is -0.455 e. The fourth-order valence-electron chi connectivity index (χ4n) is 1.90. The molecule has 0 unspecified atom stereocenters. The zero-order valence-electron chi connectivity index (χ0n) is 11.9. The van der Waals surface area contributed by atoms with E-state index < -0.39 is 0 Å². The van der Waals surface area contributed by atoms with Gasteiger partial charge in [-0.2, -0.15) is 0 Å². The minimum absolute atomic E-state index is 0.578. The first-order chi connectivity index (χ1) is 9.83. The van der Waals surface area contributed by atoms with Crippen LogP contribution in [0.5, 0.6) is 11.5 Å². The highest BCUT2D eigenvalue weighted by atomic mass is 16.5. The van der Waals surface area contributed by atoms with Crippen LogP contribution in [0.2, 0.25) is 0 Å². The predicted molar refractivity (Wildman–Crippen MR) is 78.8 cm³/mol. The largest absolute Gasteiger partial charge is 0.455 e. The van der Waals surface area contributed by atoms with Gasteiger partial charge in [0.2, 0.25) is 0 Å². The van der Waals surface area contributed by atoms with Gasteiger partial charge in [-0.05, 0) is 30.3 Å². The van der Waals surface area contributed by atoms with Gasteiger partial charge in [0.05, 0.1) is 12.8 Å². The third-order valence-electron chi connectivity index (χ3n) is 2.87. The topological polar surface area (TPSA) is 43.4 Å². The van der Waals surface area contributed by atoms with Crippen molar-refractivity contribution in [2.75, 3.05) is 13.7 Å². The van der Waals surface area contributed by atoms with E-state index >= 15 is 0 Å². The molecule has 0 aliphatic carbocycles. The van der Waals surface area contributed by atoms with Gasteiger partial charge >= 0.3 is 0 Å². The van der Waals surface area contributed by atoms with Crippen LogP contribution in [-0.4, -0.2) is 18.6 Å². The van der Waals surface area contributed by atoms with Crippen molar-refractivity contribution in [3.63, 3.8) is 0 Å². The Labute approximate surface area is 119 Å². The molecule has 0 aliphatic heterocycles. The lowest BCUT2D eigenvalue weighted by Crippen LogP contribution is -2.12. The molecule has 20 heavy (non-hydrogen) atoms. The van der Waals surface area contributed by atoms with Crippen molar-refractivity contribution in [2.24, 2.45) is 0 Å². The van der Waals surface area contributed by atoms with E-state index in [9.17, 15) is 0 Å². The summed E-state index contributed by atoms with van der Waals surface area (Å²) in [7, 11) is 1.68. The van der Waals surface area contributed by atoms with Gasteiger partial charge in [-0.1, -0.05) is 19.1 Å². The van der Waals surface area contributed by atoms with E-state index in [1.165, 1.54) is 0 Å². The molecule has 0 fully saturated rings. The Kier molecular flexibility index (Phi) is 5.53. The maximum absolute atomic E-state index is 5.94. The number of nitrogens with one attached hydrogen (secondary N) is 1. The lowest BCUT2D eigenvalue weighted by molar-refractivity contribution is 0.184. The lowest BCUT2D eigenvalue weighted by atomic mass is 10.2. The summed E-state index contributed by atoms with van der Waals surface area (Å²) >= 11 is 0. The molecule has 0 saturated carbocycles. The van der Waals surface area contributed by atoms with Crippen molar-refractivity contribution >= 4 is 0 Å². The Morgan fingerprint density at radius 2 is 2.15 bits per heavy atom. The molecule has 0 aliphatic rings. The quantitative estimate of drug-likeness (QED) is 0.841. The van der Waals surface area contributed by atoms with Crippen LogP contribution >= 0.6 is 0 Å². The zero-order chi connectivity index (χ0) is 14.2. The van der Waals surface area contributed by atoms with Crippen molar-refractivity contribution in [1.29, 1.82) is 0 Å². The third-order valence-corrected chi connectivity index (χ3v) is 2.87. The molecule has 4 heteroatoms. The number of rotatable bonds is 7. The van der Waals surface area contributed by atoms with Crippen LogP contribution in [0.3, 0.4) is 0 Å². The van der Waals surface area contributed by atoms with Gasteiger partial charge in [-0.25, -0.2) is 0 Å². The number of hydrogen-bond acceptors (Lipinski definition) is 4. The second-order valence-corrected chi connectivity index (χ2v) is 4.45. The smallest absolute Gasteiger partial charge is 0.150 e. The number of hydrogen-bond donors (Lipinski definition) is 1. The molecule has 0 bridgehead atoms. The number of methoxy groups -OCH3 is 1. The van der Waals surface area contributed by atoms with E-state index in [0.717, 1.165) is 35.7 Å². The molecule has 106 valence electrons. The van der Waals surface area contributed by atoms with Crippen LogP contribution in [0.15, 0.2) is 42.7 Å². The Morgan fingerprint density at radius 3 is 2.95 bits per heavy atom. The van der Waals surface area contributed by atoms with Gasteiger partial charge in [0.15, 0.2) is 0 Å². The van der Waals surface area contributed by atoms with Crippen molar-refractivity contribution < 1.29 is 9.47 Å². The van der Waals surface area contributed by atoms with Crippen LogP contribution in [0, 0.1) is 0 Å². The summed E-state index contributed by atoms with van der Waals surface area (Å²) in [4.78, 5) is 4.13. The van der Waals surface area contributed by atoms with E-state index in [1.54, 1.807) is 19.5 Å². The molecule has 1 N–H and O–H groups in total. The number of nitrogens with zero attached hydrogens (tertiary/aromatic N) is 1. The van der Waals surface area contributed by atoms with Gasteiger partial charge < -0.3 is 14.8 Å². The Morgan fingerprint density at radius 1 is 1.25 bits per heavy atom. The third kappa shape index (κ3) is 4.05. The summed E-state index contributed by atoms with van der Waals surface area (Å²) < 4.78 is 11.1. The molecule has 1 heterocycles. The highest BCUT2D eigenvalue weighted by Gasteiger charge is 2.05. The van der Waals surface area contributed by atoms with Gasteiger partial charge in [-0.15, -0.1) is 0 Å². The van der Waals surface area contributed by atoms with Gasteiger partial charge in [0.1, 0.15) is 11.5 Å². The number of benzene rings is 1. The SMILES string of the molecule is CCNCc1ccncc1Oc1cccc(COC)c1. The normalized spacial score (nSPS) is 10.5. The fraction of sp³-hybridized carbons (Fsp3) is 0.312. The first-order valence-corrected chi connectivity index (χ1v) is 6.72. The van der Waals surface area contributed by atoms with E-state index in [4.69, 9.17) is 9.47 Å². The molecule has 0 amide bonds. The summed E-state index contributed by atoms with van der Waals surface area (Å²) in [5.41, 5.74) is 2.18. The average Bonchev–Trinajstić information content (AvgIpc) is 2.47. The second-order valence-electron chi connectivity index (χ2n) is 4.45. The summed E-state index contributed by atoms with van der Waals surface area (Å²) in [5.74, 6) is 1.58. The maximum Gasteiger partial charge on any atom is 0.150 e. The predicted octanol–water partition coefficient (Wildman–Crippen LogP) is 3.13. The summed E-state index contributed by atoms with van der Waals surface area (Å²) in [6.07, 6.45) is 3.52. The molecule has 0 atom stereocenters. The van der Waals surface area contributed by atoms with Gasteiger partial charge in [-0.3, -0.25) is 4.98 Å². The highest BCUT2D eigenvalue weighted by Crippen LogP contribution is 2.25. The molecule has 0 spiro atoms. The number of ether oxygens (including phenoxy) is 2. The molecule has 4 nitrogen and oxygen atoms in total.